The van der Waals surface area contributed by atoms with Crippen molar-refractivity contribution in [3.63, 3.8) is 0 Å². The highest BCUT2D eigenvalue weighted by Gasteiger charge is 2.02. The predicted octanol–water partition coefficient (Wildman–Crippen LogP) is 15.2. The molecule has 44 heavy (non-hydrogen) atoms. The molecule has 0 aromatic carbocycles. The second kappa shape index (κ2) is 38.4. The summed E-state index contributed by atoms with van der Waals surface area (Å²) in [5.74, 6) is -0.249. The molecule has 0 saturated carbocycles. The van der Waals surface area contributed by atoms with Crippen molar-refractivity contribution in [2.24, 2.45) is 0 Å². The van der Waals surface area contributed by atoms with Crippen molar-refractivity contribution in [1.82, 2.24) is 0 Å². The Morgan fingerprint density at radius 2 is 0.545 bits per heavy atom. The Balaban J connectivity index is 3.06. The van der Waals surface area contributed by atoms with E-state index < -0.39 is 0 Å². The van der Waals surface area contributed by atoms with Crippen LogP contribution in [0.2, 0.25) is 0 Å². The third-order valence-corrected chi connectivity index (χ3v) is 9.58. The lowest BCUT2D eigenvalue weighted by Gasteiger charge is -2.05. The minimum absolute atomic E-state index is 0.249. The number of hydrogen-bond acceptors (Lipinski definition) is 2. The van der Waals surface area contributed by atoms with Gasteiger partial charge in [-0.1, -0.05) is 238 Å². The lowest BCUT2D eigenvalue weighted by atomic mass is 10.0. The number of ether oxygens (including phenoxy) is 1. The Bertz CT molecular complexity index is 568. The molecule has 0 saturated heterocycles. The first-order valence-electron chi connectivity index (χ1n) is 20.5. The maximum Gasteiger partial charge on any atom is 0.333 e. The van der Waals surface area contributed by atoms with Crippen molar-refractivity contribution < 1.29 is 9.53 Å². The molecule has 0 aliphatic rings. The number of esters is 1. The van der Waals surface area contributed by atoms with Crippen molar-refractivity contribution in [1.29, 1.82) is 0 Å². The predicted molar refractivity (Wildman–Crippen MR) is 198 cm³/mol. The molecule has 0 heterocycles. The van der Waals surface area contributed by atoms with Gasteiger partial charge < -0.3 is 4.74 Å². The normalized spacial score (nSPS) is 11.3. The van der Waals surface area contributed by atoms with Gasteiger partial charge in [0, 0.05) is 5.57 Å². The van der Waals surface area contributed by atoms with Crippen LogP contribution in [0.4, 0.5) is 0 Å². The van der Waals surface area contributed by atoms with Gasteiger partial charge in [-0.2, -0.15) is 0 Å². The Labute approximate surface area is 278 Å². The molecule has 262 valence electrons. The largest absolute Gasteiger partial charge is 0.462 e. The first-order chi connectivity index (χ1) is 21.7. The lowest BCUT2D eigenvalue weighted by molar-refractivity contribution is -0.139. The van der Waals surface area contributed by atoms with E-state index in [0.29, 0.717) is 12.2 Å². The maximum atomic E-state index is 11.3. The molecular weight excluding hydrogens is 536 g/mol. The zero-order valence-corrected chi connectivity index (χ0v) is 30.7. The van der Waals surface area contributed by atoms with Crippen LogP contribution in [0.15, 0.2) is 12.2 Å². The molecule has 0 aliphatic heterocycles. The molecule has 0 rings (SSSR count). The van der Waals surface area contributed by atoms with Crippen molar-refractivity contribution in [3.8, 4) is 0 Å². The van der Waals surface area contributed by atoms with E-state index in [4.69, 9.17) is 4.74 Å². The van der Waals surface area contributed by atoms with Crippen LogP contribution < -0.4 is 0 Å². The summed E-state index contributed by atoms with van der Waals surface area (Å²) in [5, 5.41) is 0. The van der Waals surface area contributed by atoms with Gasteiger partial charge in [0.1, 0.15) is 0 Å². The smallest absolute Gasteiger partial charge is 0.333 e. The molecular formula is C42H82O2. The summed E-state index contributed by atoms with van der Waals surface area (Å²) in [5.41, 5.74) is 0.497. The topological polar surface area (TPSA) is 26.3 Å². The summed E-state index contributed by atoms with van der Waals surface area (Å²) < 4.78 is 5.14. The van der Waals surface area contributed by atoms with Gasteiger partial charge in [-0.15, -0.1) is 0 Å². The summed E-state index contributed by atoms with van der Waals surface area (Å²) in [6.45, 7) is 8.16. The van der Waals surface area contributed by atoms with E-state index in [1.54, 1.807) is 6.92 Å². The standard InChI is InChI=1S/C42H82O2/c1-4-5-6-7-8-9-10-11-12-13-14-15-16-17-18-19-20-21-22-23-24-25-26-27-28-29-30-31-32-33-34-35-36-37-38-39-40-44-42(43)41(2)3/h2,4-40H2,1,3H3. The van der Waals surface area contributed by atoms with Crippen molar-refractivity contribution in [2.75, 3.05) is 6.61 Å². The monoisotopic (exact) mass is 619 g/mol. The molecule has 0 atom stereocenters. The fraction of sp³-hybridized carbons (Fsp3) is 0.929. The fourth-order valence-corrected chi connectivity index (χ4v) is 6.47. The summed E-state index contributed by atoms with van der Waals surface area (Å²) in [6, 6.07) is 0. The van der Waals surface area contributed by atoms with E-state index in [1.165, 1.54) is 225 Å². The summed E-state index contributed by atoms with van der Waals surface area (Å²) >= 11 is 0. The highest BCUT2D eigenvalue weighted by Crippen LogP contribution is 2.17. The molecule has 2 heteroatoms. The van der Waals surface area contributed by atoms with Crippen molar-refractivity contribution >= 4 is 5.97 Å². The molecule has 0 aromatic rings. The van der Waals surface area contributed by atoms with E-state index in [-0.39, 0.29) is 5.97 Å². The zero-order chi connectivity index (χ0) is 32.0. The van der Waals surface area contributed by atoms with Crippen LogP contribution in [0.25, 0.3) is 0 Å². The highest BCUT2D eigenvalue weighted by atomic mass is 16.5. The zero-order valence-electron chi connectivity index (χ0n) is 30.7. The van der Waals surface area contributed by atoms with Crippen LogP contribution >= 0.6 is 0 Å². The Morgan fingerprint density at radius 3 is 0.727 bits per heavy atom. The summed E-state index contributed by atoms with van der Waals surface area (Å²) in [7, 11) is 0. The second-order valence-corrected chi connectivity index (χ2v) is 14.3. The van der Waals surface area contributed by atoms with Crippen LogP contribution in [0, 0.1) is 0 Å². The molecule has 0 fully saturated rings. The molecule has 0 unspecified atom stereocenters. The van der Waals surface area contributed by atoms with Crippen LogP contribution in [0.3, 0.4) is 0 Å². The molecule has 0 bridgehead atoms. The quantitative estimate of drug-likeness (QED) is 0.0391. The minimum Gasteiger partial charge on any atom is -0.462 e. The van der Waals surface area contributed by atoms with E-state index >= 15 is 0 Å². The Morgan fingerprint density at radius 1 is 0.364 bits per heavy atom. The number of carbonyl (C=O) groups excluding carboxylic acids is 1. The van der Waals surface area contributed by atoms with Gasteiger partial charge in [-0.25, -0.2) is 4.79 Å². The molecule has 2 nitrogen and oxygen atoms in total. The van der Waals surface area contributed by atoms with Gasteiger partial charge in [-0.05, 0) is 13.3 Å². The average molecular weight is 619 g/mol. The van der Waals surface area contributed by atoms with Crippen LogP contribution in [0.1, 0.15) is 245 Å². The third kappa shape index (κ3) is 37.4. The summed E-state index contributed by atoms with van der Waals surface area (Å²) in [4.78, 5) is 11.3. The molecule has 0 N–H and O–H groups in total. The van der Waals surface area contributed by atoms with Crippen LogP contribution in [-0.4, -0.2) is 12.6 Å². The van der Waals surface area contributed by atoms with E-state index in [9.17, 15) is 4.79 Å². The minimum atomic E-state index is -0.249. The number of unbranched alkanes of at least 4 members (excludes halogenated alkanes) is 35. The van der Waals surface area contributed by atoms with Gasteiger partial charge >= 0.3 is 5.97 Å². The third-order valence-electron chi connectivity index (χ3n) is 9.58. The number of hydrogen-bond donors (Lipinski definition) is 0. The van der Waals surface area contributed by atoms with Gasteiger partial charge in [0.25, 0.3) is 0 Å². The highest BCUT2D eigenvalue weighted by molar-refractivity contribution is 5.86. The second-order valence-electron chi connectivity index (χ2n) is 14.3. The fourth-order valence-electron chi connectivity index (χ4n) is 6.47. The van der Waals surface area contributed by atoms with Gasteiger partial charge in [0.15, 0.2) is 0 Å². The van der Waals surface area contributed by atoms with Crippen LogP contribution in [0.5, 0.6) is 0 Å². The van der Waals surface area contributed by atoms with Gasteiger partial charge in [0.2, 0.25) is 0 Å². The van der Waals surface area contributed by atoms with E-state index in [2.05, 4.69) is 13.5 Å². The Hall–Kier alpha value is -0.790. The Kier molecular flexibility index (Phi) is 37.7. The molecule has 0 spiro atoms. The first kappa shape index (κ1) is 43.2. The van der Waals surface area contributed by atoms with E-state index in [0.717, 1.165) is 6.42 Å². The SMILES string of the molecule is C=C(C)C(=O)OCCCCCCCCCCCCCCCCCCCCCCCCCCCCCCCCCCCCCC. The van der Waals surface area contributed by atoms with E-state index in [1.807, 2.05) is 0 Å². The number of rotatable bonds is 38. The maximum absolute atomic E-state index is 11.3. The lowest BCUT2D eigenvalue weighted by Crippen LogP contribution is -2.05. The van der Waals surface area contributed by atoms with Gasteiger partial charge in [0.05, 0.1) is 6.61 Å². The molecule has 0 amide bonds. The van der Waals surface area contributed by atoms with Gasteiger partial charge in [-0.3, -0.25) is 0 Å². The van der Waals surface area contributed by atoms with Crippen molar-refractivity contribution in [3.05, 3.63) is 12.2 Å². The number of carbonyl (C=O) groups is 1. The first-order valence-corrected chi connectivity index (χ1v) is 20.5. The summed E-state index contributed by atoms with van der Waals surface area (Å²) in [6.07, 6.45) is 51.5. The average Bonchev–Trinajstić information content (AvgIpc) is 3.02. The van der Waals surface area contributed by atoms with Crippen LogP contribution in [-0.2, 0) is 9.53 Å². The molecule has 0 aliphatic carbocycles. The molecule has 0 radical (unpaired) electrons. The molecule has 0 aromatic heterocycles. The van der Waals surface area contributed by atoms with Crippen molar-refractivity contribution in [2.45, 2.75) is 245 Å².